The lowest BCUT2D eigenvalue weighted by atomic mass is 9.68. The number of hydrogen-bond acceptors (Lipinski definition) is 4. The van der Waals surface area contributed by atoms with Gasteiger partial charge in [0.05, 0.1) is 19.6 Å². The summed E-state index contributed by atoms with van der Waals surface area (Å²) in [7, 11) is 3.51. The van der Waals surface area contributed by atoms with Gasteiger partial charge in [0.15, 0.2) is 5.60 Å². The van der Waals surface area contributed by atoms with E-state index >= 15 is 0 Å². The number of fused-ring (bicyclic) bond motifs is 12. The lowest BCUT2D eigenvalue weighted by molar-refractivity contribution is 0.163. The molecule has 0 radical (unpaired) electrons. The van der Waals surface area contributed by atoms with E-state index in [0.29, 0.717) is 0 Å². The molecule has 1 atom stereocenters. The lowest BCUT2D eigenvalue weighted by Gasteiger charge is -2.39. The molecule has 4 nitrogen and oxygen atoms in total. The average molecular weight is 756 g/mol. The normalized spacial score (nSPS) is 16.5. The molecular formula is C54H45NO3. The zero-order valence-corrected chi connectivity index (χ0v) is 33.4. The topological polar surface area (TPSA) is 30.9 Å². The molecule has 8 aromatic rings. The van der Waals surface area contributed by atoms with E-state index in [2.05, 4.69) is 170 Å². The molecule has 1 unspecified atom stereocenters. The van der Waals surface area contributed by atoms with E-state index in [1.165, 1.54) is 60.6 Å². The first-order valence-electron chi connectivity index (χ1n) is 20.7. The molecule has 4 heteroatoms. The molecule has 0 N–H and O–H groups in total. The predicted octanol–water partition coefficient (Wildman–Crippen LogP) is 12.8. The molecule has 0 saturated carbocycles. The fraction of sp³-hybridized carbons (Fsp3) is 0.185. The van der Waals surface area contributed by atoms with Gasteiger partial charge in [0.1, 0.15) is 17.2 Å². The Hall–Kier alpha value is -6.52. The molecule has 2 aliphatic carbocycles. The van der Waals surface area contributed by atoms with Gasteiger partial charge < -0.3 is 19.1 Å². The number of anilines is 1. The van der Waals surface area contributed by atoms with Crippen molar-refractivity contribution in [1.82, 2.24) is 0 Å². The van der Waals surface area contributed by atoms with Crippen molar-refractivity contribution in [2.24, 2.45) is 0 Å². The molecule has 284 valence electrons. The van der Waals surface area contributed by atoms with Crippen LogP contribution in [0.25, 0.3) is 49.5 Å². The van der Waals surface area contributed by atoms with E-state index in [4.69, 9.17) is 14.2 Å². The number of benzene rings is 8. The van der Waals surface area contributed by atoms with Crippen LogP contribution in [0.1, 0.15) is 65.6 Å². The summed E-state index contributed by atoms with van der Waals surface area (Å²) in [6.45, 7) is 6.56. The summed E-state index contributed by atoms with van der Waals surface area (Å²) in [5, 5.41) is 7.30. The second-order valence-corrected chi connectivity index (χ2v) is 16.0. The third-order valence-corrected chi connectivity index (χ3v) is 13.1. The fourth-order valence-corrected chi connectivity index (χ4v) is 10.7. The van der Waals surface area contributed by atoms with E-state index < -0.39 is 11.0 Å². The molecular weight excluding hydrogens is 711 g/mol. The molecule has 1 spiro atoms. The van der Waals surface area contributed by atoms with Gasteiger partial charge in [0.2, 0.25) is 0 Å². The van der Waals surface area contributed by atoms with Gasteiger partial charge in [0.25, 0.3) is 0 Å². The minimum absolute atomic E-state index is 0.621. The third-order valence-electron chi connectivity index (χ3n) is 13.1. The molecule has 0 saturated heterocycles. The Morgan fingerprint density at radius 2 is 1.22 bits per heavy atom. The molecule has 1 aliphatic heterocycles. The quantitative estimate of drug-likeness (QED) is 0.137. The average Bonchev–Trinajstić information content (AvgIpc) is 3.76. The number of nitrogens with zero attached hydrogens (tertiary/aromatic N) is 1. The highest BCUT2D eigenvalue weighted by Gasteiger charge is 2.54. The molecule has 0 aromatic heterocycles. The smallest absolute Gasteiger partial charge is 0.178 e. The zero-order chi connectivity index (χ0) is 39.2. The summed E-state index contributed by atoms with van der Waals surface area (Å²) in [5.74, 6) is 2.49. The Labute approximate surface area is 339 Å². The molecule has 3 aliphatic rings. The van der Waals surface area contributed by atoms with Crippen LogP contribution in [0.5, 0.6) is 17.2 Å². The second kappa shape index (κ2) is 13.0. The maximum absolute atomic E-state index is 7.81. The minimum atomic E-state index is -0.891. The third kappa shape index (κ3) is 4.57. The van der Waals surface area contributed by atoms with Crippen LogP contribution >= 0.6 is 0 Å². The lowest BCUT2D eigenvalue weighted by Crippen LogP contribution is -2.35. The highest BCUT2D eigenvalue weighted by Crippen LogP contribution is 2.67. The van der Waals surface area contributed by atoms with Crippen molar-refractivity contribution >= 4 is 44.1 Å². The fourth-order valence-electron chi connectivity index (χ4n) is 10.7. The maximum atomic E-state index is 7.81. The van der Waals surface area contributed by atoms with Gasteiger partial charge in [-0.1, -0.05) is 117 Å². The van der Waals surface area contributed by atoms with Gasteiger partial charge >= 0.3 is 0 Å². The monoisotopic (exact) mass is 755 g/mol. The van der Waals surface area contributed by atoms with E-state index in [1.807, 2.05) is 0 Å². The molecule has 1 heterocycles. The highest BCUT2D eigenvalue weighted by molar-refractivity contribution is 6.19. The van der Waals surface area contributed by atoms with Gasteiger partial charge in [-0.3, -0.25) is 0 Å². The number of hydrogen-bond donors (Lipinski definition) is 0. The van der Waals surface area contributed by atoms with Crippen molar-refractivity contribution in [3.05, 3.63) is 185 Å². The van der Waals surface area contributed by atoms with Crippen LogP contribution in [0.4, 0.5) is 5.69 Å². The zero-order valence-electron chi connectivity index (χ0n) is 33.4. The van der Waals surface area contributed by atoms with Crippen LogP contribution in [-0.4, -0.2) is 27.3 Å². The Balaban J connectivity index is 1.24. The Morgan fingerprint density at radius 1 is 0.586 bits per heavy atom. The summed E-state index contributed by atoms with van der Waals surface area (Å²) >= 11 is 0. The Morgan fingerprint density at radius 3 is 1.88 bits per heavy atom. The van der Waals surface area contributed by atoms with Crippen molar-refractivity contribution in [3.8, 4) is 28.4 Å². The van der Waals surface area contributed by atoms with E-state index in [0.717, 1.165) is 70.6 Å². The van der Waals surface area contributed by atoms with Gasteiger partial charge in [-0.2, -0.15) is 0 Å². The summed E-state index contributed by atoms with van der Waals surface area (Å²) < 4.78 is 19.8. The minimum Gasteiger partial charge on any atom is -0.497 e. The first kappa shape index (κ1) is 34.7. The van der Waals surface area contributed by atoms with Gasteiger partial charge in [0, 0.05) is 40.9 Å². The van der Waals surface area contributed by atoms with Crippen molar-refractivity contribution in [2.45, 2.75) is 37.7 Å². The van der Waals surface area contributed by atoms with E-state index in [1.54, 1.807) is 14.2 Å². The second-order valence-electron chi connectivity index (χ2n) is 16.0. The number of methoxy groups -OCH3 is 2. The number of rotatable bonds is 9. The summed E-state index contributed by atoms with van der Waals surface area (Å²) in [4.78, 5) is 2.49. The molecule has 0 bridgehead atoms. The van der Waals surface area contributed by atoms with Crippen molar-refractivity contribution in [1.29, 1.82) is 0 Å². The van der Waals surface area contributed by atoms with Crippen molar-refractivity contribution < 1.29 is 14.2 Å². The standard InChI is InChI=1S/C54H45NO3/c1-5-30-55(31-6-2)38-22-20-37(21-23-38)53(36-14-8-7-9-15-36)29-28-43-51-50(41-26-24-39(56-3)32-44(41)52(43)58-53)42-27-25-40(57-4)33-47(42)54(51)45-16-10-12-34-18-19-35-13-11-17-46(54)49(35)48(34)45/h7-29,32-33H,5-6,30-31H2,1-4H3. The molecule has 8 aromatic carbocycles. The SMILES string of the molecule is CCCN(CCC)c1ccc(C2(c3ccccc3)C=Cc3c4c(c5ccc(OC)cc5c3O2)-c2ccc(OC)cc2C42c3cccc4ccc5cccc2c5c34)cc1. The molecule has 0 fully saturated rings. The Kier molecular flexibility index (Phi) is 7.78. The first-order chi connectivity index (χ1) is 28.5. The van der Waals surface area contributed by atoms with Crippen LogP contribution in [0.2, 0.25) is 0 Å². The van der Waals surface area contributed by atoms with Gasteiger partial charge in [-0.05, 0) is 122 Å². The van der Waals surface area contributed by atoms with Crippen LogP contribution < -0.4 is 19.1 Å². The summed E-state index contributed by atoms with van der Waals surface area (Å²) in [6, 6.07) is 51.2. The first-order valence-corrected chi connectivity index (χ1v) is 20.7. The summed E-state index contributed by atoms with van der Waals surface area (Å²) in [6.07, 6.45) is 6.88. The van der Waals surface area contributed by atoms with Gasteiger partial charge in [-0.15, -0.1) is 0 Å². The van der Waals surface area contributed by atoms with Crippen LogP contribution in [0, 0.1) is 0 Å². The number of ether oxygens (including phenoxy) is 3. The Bertz CT molecular complexity index is 2910. The largest absolute Gasteiger partial charge is 0.497 e. The van der Waals surface area contributed by atoms with E-state index in [9.17, 15) is 0 Å². The molecule has 58 heavy (non-hydrogen) atoms. The summed E-state index contributed by atoms with van der Waals surface area (Å²) in [5.41, 5.74) is 10.5. The maximum Gasteiger partial charge on any atom is 0.178 e. The van der Waals surface area contributed by atoms with Crippen molar-refractivity contribution in [3.63, 3.8) is 0 Å². The van der Waals surface area contributed by atoms with Crippen LogP contribution in [0.3, 0.4) is 0 Å². The van der Waals surface area contributed by atoms with E-state index in [-0.39, 0.29) is 0 Å². The molecule has 0 amide bonds. The molecule has 11 rings (SSSR count). The van der Waals surface area contributed by atoms with Gasteiger partial charge in [-0.25, -0.2) is 0 Å². The van der Waals surface area contributed by atoms with Crippen LogP contribution in [-0.2, 0) is 11.0 Å². The predicted molar refractivity (Wildman–Crippen MR) is 239 cm³/mol. The highest BCUT2D eigenvalue weighted by atomic mass is 16.5. The van der Waals surface area contributed by atoms with Crippen LogP contribution in [0.15, 0.2) is 146 Å². The van der Waals surface area contributed by atoms with Crippen molar-refractivity contribution in [2.75, 3.05) is 32.2 Å².